The molecule has 0 unspecified atom stereocenters. The Balaban J connectivity index is 1.79. The largest absolute Gasteiger partial charge is 0.441 e. The van der Waals surface area contributed by atoms with Gasteiger partial charge in [-0.2, -0.15) is 0 Å². The smallest absolute Gasteiger partial charge is 0.268 e. The maximum absolute atomic E-state index is 14.0. The van der Waals surface area contributed by atoms with Crippen LogP contribution < -0.4 is 0 Å². The third-order valence-corrected chi connectivity index (χ3v) is 6.53. The monoisotopic (exact) mass is 406 g/mol. The van der Waals surface area contributed by atoms with E-state index in [4.69, 9.17) is 4.42 Å². The fraction of sp³-hybridized carbons (Fsp3) is 0.0455. The second kappa shape index (κ2) is 6.28. The van der Waals surface area contributed by atoms with Gasteiger partial charge in [-0.25, -0.2) is 21.8 Å². The van der Waals surface area contributed by atoms with Crippen molar-refractivity contribution in [1.82, 2.24) is 8.96 Å². The number of hydrogen-bond acceptors (Lipinski definition) is 4. The van der Waals surface area contributed by atoms with Crippen LogP contribution in [0, 0.1) is 12.7 Å². The number of hydrogen-bond donors (Lipinski definition) is 0. The van der Waals surface area contributed by atoms with Gasteiger partial charge in [0.15, 0.2) is 11.5 Å². The highest BCUT2D eigenvalue weighted by Gasteiger charge is 2.22. The van der Waals surface area contributed by atoms with E-state index in [-0.39, 0.29) is 10.4 Å². The van der Waals surface area contributed by atoms with Crippen molar-refractivity contribution in [2.75, 3.05) is 0 Å². The van der Waals surface area contributed by atoms with Gasteiger partial charge in [0.1, 0.15) is 11.3 Å². The predicted molar refractivity (Wildman–Crippen MR) is 109 cm³/mol. The van der Waals surface area contributed by atoms with E-state index < -0.39 is 15.8 Å². The molecule has 5 nitrogen and oxygen atoms in total. The molecule has 144 valence electrons. The molecule has 0 radical (unpaired) electrons. The number of nitrogens with zero attached hydrogens (tertiary/aromatic N) is 2. The van der Waals surface area contributed by atoms with Gasteiger partial charge in [-0.3, -0.25) is 0 Å². The molecular formula is C22H15FN2O3S. The van der Waals surface area contributed by atoms with E-state index in [1.165, 1.54) is 30.5 Å². The average Bonchev–Trinajstić information content (AvgIpc) is 3.27. The lowest BCUT2D eigenvalue weighted by atomic mass is 10.0. The summed E-state index contributed by atoms with van der Waals surface area (Å²) in [7, 11) is -3.89. The molecule has 5 aromatic rings. The molecule has 7 heteroatoms. The number of benzene rings is 3. The zero-order valence-electron chi connectivity index (χ0n) is 15.3. The average molecular weight is 406 g/mol. The lowest BCUT2D eigenvalue weighted by Gasteiger charge is -2.07. The summed E-state index contributed by atoms with van der Waals surface area (Å²) in [5.74, 6) is 0.0440. The molecule has 5 rings (SSSR count). The molecule has 2 heterocycles. The summed E-state index contributed by atoms with van der Waals surface area (Å²) >= 11 is 0. The van der Waals surface area contributed by atoms with Crippen molar-refractivity contribution in [2.24, 2.45) is 0 Å². The highest BCUT2D eigenvalue weighted by Crippen LogP contribution is 2.35. The fourth-order valence-corrected chi connectivity index (χ4v) is 4.90. The molecule has 0 saturated heterocycles. The number of oxazole rings is 1. The van der Waals surface area contributed by atoms with Crippen molar-refractivity contribution in [3.8, 4) is 11.1 Å². The SMILES string of the molecule is Cc1nc2cc(-c3cn(S(=O)(=O)c4ccccc4)c4cc(F)ccc34)ccc2o1. The molecule has 0 fully saturated rings. The Morgan fingerprint density at radius 1 is 1.00 bits per heavy atom. The molecule has 0 amide bonds. The van der Waals surface area contributed by atoms with E-state index in [0.29, 0.717) is 27.9 Å². The number of aryl methyl sites for hydroxylation is 1. The van der Waals surface area contributed by atoms with Crippen molar-refractivity contribution in [3.63, 3.8) is 0 Å². The van der Waals surface area contributed by atoms with Gasteiger partial charge in [0.05, 0.1) is 10.4 Å². The standard InChI is InChI=1S/C22H15FN2O3S/c1-14-24-20-11-15(7-10-22(20)28-14)19-13-25(21-12-16(23)8-9-18(19)21)29(26,27)17-5-3-2-4-6-17/h2-13H,1H3. The molecule has 29 heavy (non-hydrogen) atoms. The molecule has 2 aromatic heterocycles. The first-order valence-electron chi connectivity index (χ1n) is 8.92. The topological polar surface area (TPSA) is 65.1 Å². The van der Waals surface area contributed by atoms with Crippen LogP contribution in [0.4, 0.5) is 4.39 Å². The minimum atomic E-state index is -3.89. The van der Waals surface area contributed by atoms with Crippen LogP contribution in [0.25, 0.3) is 33.1 Å². The van der Waals surface area contributed by atoms with Crippen molar-refractivity contribution in [2.45, 2.75) is 11.8 Å². The van der Waals surface area contributed by atoms with E-state index in [9.17, 15) is 12.8 Å². The van der Waals surface area contributed by atoms with E-state index in [0.717, 1.165) is 9.54 Å². The third kappa shape index (κ3) is 2.82. The van der Waals surface area contributed by atoms with E-state index in [1.807, 2.05) is 12.1 Å². The first-order valence-corrected chi connectivity index (χ1v) is 10.4. The molecule has 3 aromatic carbocycles. The third-order valence-electron chi connectivity index (χ3n) is 4.84. The number of halogens is 1. The highest BCUT2D eigenvalue weighted by atomic mass is 32.2. The first-order chi connectivity index (χ1) is 13.9. The summed E-state index contributed by atoms with van der Waals surface area (Å²) in [5.41, 5.74) is 3.04. The molecule has 0 N–H and O–H groups in total. The van der Waals surface area contributed by atoms with Crippen molar-refractivity contribution in [3.05, 3.63) is 84.6 Å². The Kier molecular flexibility index (Phi) is 3.82. The second-order valence-corrected chi connectivity index (χ2v) is 8.55. The summed E-state index contributed by atoms with van der Waals surface area (Å²) in [6.45, 7) is 1.76. The van der Waals surface area contributed by atoms with Gasteiger partial charge in [-0.05, 0) is 48.0 Å². The van der Waals surface area contributed by atoms with Gasteiger partial charge >= 0.3 is 0 Å². The number of rotatable bonds is 3. The summed E-state index contributed by atoms with van der Waals surface area (Å²) in [5, 5.41) is 0.630. The fourth-order valence-electron chi connectivity index (χ4n) is 3.52. The lowest BCUT2D eigenvalue weighted by Crippen LogP contribution is -2.11. The van der Waals surface area contributed by atoms with Crippen LogP contribution in [0.5, 0.6) is 0 Å². The van der Waals surface area contributed by atoms with Crippen LogP contribution in [-0.2, 0) is 10.0 Å². The summed E-state index contributed by atoms with van der Waals surface area (Å²) in [4.78, 5) is 4.48. The Bertz CT molecular complexity index is 1490. The second-order valence-electron chi connectivity index (χ2n) is 6.73. The maximum Gasteiger partial charge on any atom is 0.268 e. The zero-order valence-corrected chi connectivity index (χ0v) is 16.2. The Hall–Kier alpha value is -3.45. The van der Waals surface area contributed by atoms with Gasteiger partial charge in [0.25, 0.3) is 10.0 Å². The van der Waals surface area contributed by atoms with Crippen LogP contribution in [0.1, 0.15) is 5.89 Å². The molecular weight excluding hydrogens is 391 g/mol. The van der Waals surface area contributed by atoms with Gasteiger partial charge < -0.3 is 4.42 Å². The Labute approximate surface area is 166 Å². The molecule has 0 aliphatic rings. The van der Waals surface area contributed by atoms with E-state index in [2.05, 4.69) is 4.98 Å². The predicted octanol–water partition coefficient (Wildman–Crippen LogP) is 5.13. The van der Waals surface area contributed by atoms with Crippen LogP contribution in [0.15, 0.2) is 82.2 Å². The van der Waals surface area contributed by atoms with Gasteiger partial charge in [0.2, 0.25) is 0 Å². The molecule has 0 aliphatic heterocycles. The Morgan fingerprint density at radius 3 is 2.59 bits per heavy atom. The molecule has 0 spiro atoms. The lowest BCUT2D eigenvalue weighted by molar-refractivity contribution is 0.561. The van der Waals surface area contributed by atoms with Gasteiger partial charge in [0, 0.05) is 24.1 Å². The normalized spacial score (nSPS) is 12.1. The molecule has 0 bridgehead atoms. The summed E-state index contributed by atoms with van der Waals surface area (Å²) in [6, 6.07) is 17.7. The van der Waals surface area contributed by atoms with Gasteiger partial charge in [-0.1, -0.05) is 24.3 Å². The van der Waals surface area contributed by atoms with Crippen LogP contribution in [-0.4, -0.2) is 17.4 Å². The molecule has 0 atom stereocenters. The maximum atomic E-state index is 14.0. The van der Waals surface area contributed by atoms with Crippen LogP contribution in [0.2, 0.25) is 0 Å². The minimum absolute atomic E-state index is 0.135. The summed E-state index contributed by atoms with van der Waals surface area (Å²) < 4.78 is 47.1. The highest BCUT2D eigenvalue weighted by molar-refractivity contribution is 7.90. The van der Waals surface area contributed by atoms with Crippen molar-refractivity contribution in [1.29, 1.82) is 0 Å². The van der Waals surface area contributed by atoms with E-state index in [1.54, 1.807) is 37.3 Å². The van der Waals surface area contributed by atoms with E-state index >= 15 is 0 Å². The zero-order chi connectivity index (χ0) is 20.2. The van der Waals surface area contributed by atoms with Crippen LogP contribution in [0.3, 0.4) is 0 Å². The quantitative estimate of drug-likeness (QED) is 0.416. The summed E-state index contributed by atoms with van der Waals surface area (Å²) in [6.07, 6.45) is 1.53. The molecule has 0 aliphatic carbocycles. The molecule has 0 saturated carbocycles. The van der Waals surface area contributed by atoms with Crippen LogP contribution >= 0.6 is 0 Å². The van der Waals surface area contributed by atoms with Crippen molar-refractivity contribution >= 4 is 32.0 Å². The number of aromatic nitrogens is 2. The Morgan fingerprint density at radius 2 is 1.79 bits per heavy atom. The van der Waals surface area contributed by atoms with Crippen molar-refractivity contribution < 1.29 is 17.2 Å². The van der Waals surface area contributed by atoms with Gasteiger partial charge in [-0.15, -0.1) is 0 Å². The minimum Gasteiger partial charge on any atom is -0.441 e. The number of fused-ring (bicyclic) bond motifs is 2. The first kappa shape index (κ1) is 17.6.